The number of carbonyl (C=O) groups is 1. The maximum Gasteiger partial charge on any atom is 0.240 e. The largest absolute Gasteiger partial charge is 0.396 e. The van der Waals surface area contributed by atoms with Gasteiger partial charge in [-0.25, -0.2) is 0 Å². The Morgan fingerprint density at radius 1 is 1.73 bits per heavy atom. The lowest BCUT2D eigenvalue weighted by atomic mass is 10.2. The molecule has 1 aliphatic rings. The summed E-state index contributed by atoms with van der Waals surface area (Å²) in [6, 6.07) is -0.236. The second kappa shape index (κ2) is 5.88. The van der Waals surface area contributed by atoms with Gasteiger partial charge in [0.15, 0.2) is 0 Å². The van der Waals surface area contributed by atoms with Crippen LogP contribution in [0.1, 0.15) is 13.3 Å². The Morgan fingerprint density at radius 3 is 3.07 bits per heavy atom. The molecule has 2 N–H and O–H groups in total. The predicted molar refractivity (Wildman–Crippen MR) is 59.4 cm³/mol. The number of aliphatic hydroxyl groups excluding tert-OH is 1. The first-order valence-corrected chi connectivity index (χ1v) is 5.43. The fraction of sp³-hybridized carbons (Fsp3) is 0.727. The van der Waals surface area contributed by atoms with Crippen molar-refractivity contribution in [3.63, 3.8) is 0 Å². The molecule has 0 bridgehead atoms. The van der Waals surface area contributed by atoms with Crippen molar-refractivity contribution in [3.05, 3.63) is 12.7 Å². The highest BCUT2D eigenvalue weighted by Gasteiger charge is 2.27. The monoisotopic (exact) mass is 212 g/mol. The van der Waals surface area contributed by atoms with Crippen molar-refractivity contribution in [2.75, 3.05) is 26.2 Å². The topological polar surface area (TPSA) is 52.6 Å². The molecule has 1 rings (SSSR count). The van der Waals surface area contributed by atoms with E-state index in [0.717, 1.165) is 13.1 Å². The Morgan fingerprint density at radius 2 is 2.47 bits per heavy atom. The lowest BCUT2D eigenvalue weighted by Crippen LogP contribution is -2.44. The molecule has 15 heavy (non-hydrogen) atoms. The Balaban J connectivity index is 2.67. The number of aliphatic hydroxyl groups is 1. The highest BCUT2D eigenvalue weighted by Crippen LogP contribution is 2.09. The summed E-state index contributed by atoms with van der Waals surface area (Å²) in [5, 5.41) is 12.1. The van der Waals surface area contributed by atoms with E-state index in [1.54, 1.807) is 11.0 Å². The summed E-state index contributed by atoms with van der Waals surface area (Å²) in [5.74, 6) is 0.519. The lowest BCUT2D eigenvalue weighted by Gasteiger charge is -2.23. The average Bonchev–Trinajstić information content (AvgIpc) is 2.33. The molecule has 2 unspecified atom stereocenters. The minimum Gasteiger partial charge on any atom is -0.396 e. The van der Waals surface area contributed by atoms with Gasteiger partial charge in [0.2, 0.25) is 5.91 Å². The van der Waals surface area contributed by atoms with Crippen molar-refractivity contribution in [1.82, 2.24) is 10.2 Å². The molecule has 1 heterocycles. The quantitative estimate of drug-likeness (QED) is 0.645. The first-order chi connectivity index (χ1) is 7.19. The molecule has 0 spiro atoms. The lowest BCUT2D eigenvalue weighted by molar-refractivity contribution is -0.132. The first kappa shape index (κ1) is 12.2. The summed E-state index contributed by atoms with van der Waals surface area (Å²) in [7, 11) is 0. The van der Waals surface area contributed by atoms with Gasteiger partial charge in [-0.3, -0.25) is 4.79 Å². The van der Waals surface area contributed by atoms with Crippen molar-refractivity contribution >= 4 is 5.91 Å². The minimum absolute atomic E-state index is 0.0414. The van der Waals surface area contributed by atoms with Crippen LogP contribution in [0.2, 0.25) is 0 Å². The van der Waals surface area contributed by atoms with Crippen LogP contribution in [0.3, 0.4) is 0 Å². The molecule has 0 aromatic rings. The van der Waals surface area contributed by atoms with E-state index in [-0.39, 0.29) is 18.6 Å². The molecule has 2 atom stereocenters. The number of hydrogen-bond donors (Lipinski definition) is 2. The van der Waals surface area contributed by atoms with Crippen LogP contribution < -0.4 is 5.32 Å². The van der Waals surface area contributed by atoms with Crippen molar-refractivity contribution in [2.24, 2.45) is 5.92 Å². The van der Waals surface area contributed by atoms with Gasteiger partial charge in [-0.1, -0.05) is 13.0 Å². The zero-order valence-corrected chi connectivity index (χ0v) is 9.28. The van der Waals surface area contributed by atoms with Gasteiger partial charge >= 0.3 is 0 Å². The van der Waals surface area contributed by atoms with Gasteiger partial charge in [-0.05, 0) is 12.3 Å². The summed E-state index contributed by atoms with van der Waals surface area (Å²) < 4.78 is 0. The number of hydrogen-bond acceptors (Lipinski definition) is 3. The van der Waals surface area contributed by atoms with Crippen LogP contribution in [0, 0.1) is 5.92 Å². The number of nitrogens with one attached hydrogen (secondary N) is 1. The van der Waals surface area contributed by atoms with Gasteiger partial charge in [-0.15, -0.1) is 6.58 Å². The SMILES string of the molecule is C=CCN1CC(C)CNC(CCO)C1=O. The van der Waals surface area contributed by atoms with Gasteiger partial charge in [0.1, 0.15) is 0 Å². The molecule has 4 heteroatoms. The van der Waals surface area contributed by atoms with Crippen molar-refractivity contribution in [3.8, 4) is 0 Å². The standard InChI is InChI=1S/C11H20N2O2/c1-3-5-13-8-9(2)7-12-10(4-6-14)11(13)15/h3,9-10,12,14H,1,4-8H2,2H3. The smallest absolute Gasteiger partial charge is 0.240 e. The number of nitrogens with zero attached hydrogens (tertiary/aromatic N) is 1. The summed E-state index contributed by atoms with van der Waals surface area (Å²) in [5.41, 5.74) is 0. The van der Waals surface area contributed by atoms with Crippen molar-refractivity contribution in [1.29, 1.82) is 0 Å². The number of rotatable bonds is 4. The third-order valence-corrected chi connectivity index (χ3v) is 2.62. The predicted octanol–water partition coefficient (Wildman–Crippen LogP) is -0.00870. The second-order valence-corrected chi connectivity index (χ2v) is 4.11. The van der Waals surface area contributed by atoms with Gasteiger partial charge in [0.05, 0.1) is 6.04 Å². The molecule has 1 saturated heterocycles. The molecule has 1 amide bonds. The molecule has 0 aromatic carbocycles. The van der Waals surface area contributed by atoms with E-state index in [2.05, 4.69) is 18.8 Å². The fourth-order valence-corrected chi connectivity index (χ4v) is 1.86. The minimum atomic E-state index is -0.236. The summed E-state index contributed by atoms with van der Waals surface area (Å²) in [4.78, 5) is 13.8. The zero-order chi connectivity index (χ0) is 11.3. The van der Waals surface area contributed by atoms with E-state index in [0.29, 0.717) is 18.9 Å². The van der Waals surface area contributed by atoms with E-state index in [1.807, 2.05) is 0 Å². The third kappa shape index (κ3) is 3.32. The van der Waals surface area contributed by atoms with E-state index in [1.165, 1.54) is 0 Å². The summed E-state index contributed by atoms with van der Waals surface area (Å²) in [6.07, 6.45) is 2.23. The summed E-state index contributed by atoms with van der Waals surface area (Å²) in [6.45, 7) is 7.98. The Kier molecular flexibility index (Phi) is 4.78. The van der Waals surface area contributed by atoms with Gasteiger partial charge in [-0.2, -0.15) is 0 Å². The van der Waals surface area contributed by atoms with Crippen LogP contribution in [-0.4, -0.2) is 48.2 Å². The molecule has 86 valence electrons. The Bertz CT molecular complexity index is 231. The van der Waals surface area contributed by atoms with Crippen molar-refractivity contribution in [2.45, 2.75) is 19.4 Å². The molecular formula is C11H20N2O2. The average molecular weight is 212 g/mol. The van der Waals surface area contributed by atoms with Crippen LogP contribution in [-0.2, 0) is 4.79 Å². The van der Waals surface area contributed by atoms with E-state index in [4.69, 9.17) is 5.11 Å². The fourth-order valence-electron chi connectivity index (χ4n) is 1.86. The molecule has 1 fully saturated rings. The maximum atomic E-state index is 12.0. The van der Waals surface area contributed by atoms with Gasteiger partial charge in [0.25, 0.3) is 0 Å². The highest BCUT2D eigenvalue weighted by atomic mass is 16.3. The molecule has 0 radical (unpaired) electrons. The van der Waals surface area contributed by atoms with Crippen LogP contribution >= 0.6 is 0 Å². The molecule has 0 aromatic heterocycles. The molecular weight excluding hydrogens is 192 g/mol. The van der Waals surface area contributed by atoms with E-state index < -0.39 is 0 Å². The number of amides is 1. The highest BCUT2D eigenvalue weighted by molar-refractivity contribution is 5.82. The maximum absolute atomic E-state index is 12.0. The van der Waals surface area contributed by atoms with Crippen molar-refractivity contribution < 1.29 is 9.90 Å². The van der Waals surface area contributed by atoms with E-state index in [9.17, 15) is 4.79 Å². The molecule has 1 aliphatic heterocycles. The zero-order valence-electron chi connectivity index (χ0n) is 9.28. The van der Waals surface area contributed by atoms with Crippen LogP contribution in [0.4, 0.5) is 0 Å². The molecule has 0 aliphatic carbocycles. The van der Waals surface area contributed by atoms with Crippen LogP contribution in [0.25, 0.3) is 0 Å². The van der Waals surface area contributed by atoms with Gasteiger partial charge < -0.3 is 15.3 Å². The number of carbonyl (C=O) groups excluding carboxylic acids is 1. The van der Waals surface area contributed by atoms with Gasteiger partial charge in [0, 0.05) is 26.2 Å². The molecule has 0 saturated carbocycles. The normalized spacial score (nSPS) is 27.6. The Labute approximate surface area is 91.0 Å². The second-order valence-electron chi connectivity index (χ2n) is 4.11. The van der Waals surface area contributed by atoms with Crippen LogP contribution in [0.5, 0.6) is 0 Å². The van der Waals surface area contributed by atoms with Crippen LogP contribution in [0.15, 0.2) is 12.7 Å². The Hall–Kier alpha value is -0.870. The first-order valence-electron chi connectivity index (χ1n) is 5.43. The summed E-state index contributed by atoms with van der Waals surface area (Å²) >= 11 is 0. The molecule has 4 nitrogen and oxygen atoms in total. The third-order valence-electron chi connectivity index (χ3n) is 2.62. The van der Waals surface area contributed by atoms with E-state index >= 15 is 0 Å².